The van der Waals surface area contributed by atoms with Gasteiger partial charge in [-0.1, -0.05) is 60.7 Å². The van der Waals surface area contributed by atoms with Gasteiger partial charge in [0.15, 0.2) is 11.3 Å². The van der Waals surface area contributed by atoms with Crippen LogP contribution in [0, 0.1) is 11.3 Å². The number of likely N-dealkylation sites (N-methyl/N-ethyl adjacent to an activating group) is 1. The number of carbonyl (C=O) groups excluding carboxylic acids is 1. The van der Waals surface area contributed by atoms with Crippen LogP contribution in [0.4, 0.5) is 0 Å². The van der Waals surface area contributed by atoms with E-state index in [1.54, 1.807) is 4.52 Å². The summed E-state index contributed by atoms with van der Waals surface area (Å²) in [5.74, 6) is -0.347. The molecule has 2 aromatic heterocycles. The molecule has 7 nitrogen and oxygen atoms in total. The lowest BCUT2D eigenvalue weighted by atomic mass is 10.1. The van der Waals surface area contributed by atoms with Crippen LogP contribution in [0.15, 0.2) is 66.7 Å². The van der Waals surface area contributed by atoms with Crippen molar-refractivity contribution in [1.29, 1.82) is 5.26 Å². The number of carbonyl (C=O) groups is 1. The van der Waals surface area contributed by atoms with Gasteiger partial charge < -0.3 is 10.2 Å². The van der Waals surface area contributed by atoms with E-state index in [-0.39, 0.29) is 23.2 Å². The lowest BCUT2D eigenvalue weighted by Gasteiger charge is -2.36. The molecule has 1 fully saturated rings. The first-order valence-electron chi connectivity index (χ1n) is 10.1. The van der Waals surface area contributed by atoms with Gasteiger partial charge in [-0.15, -0.1) is 0 Å². The number of nitrogens with zero attached hydrogens (tertiary/aromatic N) is 5. The second kappa shape index (κ2) is 7.67. The van der Waals surface area contributed by atoms with Crippen molar-refractivity contribution >= 4 is 11.6 Å². The molecule has 1 saturated heterocycles. The fraction of sp³-hybridized carbons (Fsp3) is 0.167. The van der Waals surface area contributed by atoms with E-state index in [2.05, 4.69) is 21.4 Å². The highest BCUT2D eigenvalue weighted by Gasteiger charge is 2.29. The SMILES string of the molecule is CN1CC(NC(=O)c2nn3c(-c4ccccc4)cc(-c4ccccc4)nc3c2C#N)C1. The number of likely N-dealkylation sites (tertiary alicyclic amines) is 1. The molecule has 152 valence electrons. The van der Waals surface area contributed by atoms with E-state index in [0.717, 1.165) is 35.6 Å². The second-order valence-electron chi connectivity index (χ2n) is 7.72. The minimum atomic E-state index is -0.347. The molecule has 4 aromatic rings. The van der Waals surface area contributed by atoms with Crippen LogP contribution in [-0.2, 0) is 0 Å². The molecule has 0 radical (unpaired) electrons. The first-order valence-corrected chi connectivity index (χ1v) is 10.1. The maximum atomic E-state index is 12.9. The molecule has 0 bridgehead atoms. The maximum Gasteiger partial charge on any atom is 0.273 e. The van der Waals surface area contributed by atoms with E-state index in [0.29, 0.717) is 5.65 Å². The van der Waals surface area contributed by atoms with Crippen molar-refractivity contribution in [1.82, 2.24) is 24.8 Å². The molecular weight excluding hydrogens is 388 g/mol. The van der Waals surface area contributed by atoms with Crippen molar-refractivity contribution in [3.8, 4) is 28.6 Å². The number of nitriles is 1. The number of aromatic nitrogens is 3. The minimum absolute atomic E-state index is 0.0651. The molecule has 0 saturated carbocycles. The summed E-state index contributed by atoms with van der Waals surface area (Å²) in [6.07, 6.45) is 0. The maximum absolute atomic E-state index is 12.9. The monoisotopic (exact) mass is 408 g/mol. The van der Waals surface area contributed by atoms with Gasteiger partial charge >= 0.3 is 0 Å². The Balaban J connectivity index is 1.69. The van der Waals surface area contributed by atoms with Gasteiger partial charge in [0, 0.05) is 24.2 Å². The highest BCUT2D eigenvalue weighted by Crippen LogP contribution is 2.28. The Morgan fingerprint density at radius 3 is 2.32 bits per heavy atom. The fourth-order valence-electron chi connectivity index (χ4n) is 3.89. The molecule has 5 rings (SSSR count). The summed E-state index contributed by atoms with van der Waals surface area (Å²) < 4.78 is 1.60. The van der Waals surface area contributed by atoms with Crippen molar-refractivity contribution in [3.05, 3.63) is 78.0 Å². The number of nitrogens with one attached hydrogen (secondary N) is 1. The molecule has 1 amide bonds. The normalized spacial score (nSPS) is 14.2. The van der Waals surface area contributed by atoms with Gasteiger partial charge in [-0.3, -0.25) is 4.79 Å². The van der Waals surface area contributed by atoms with Gasteiger partial charge in [-0.2, -0.15) is 10.4 Å². The Labute approximate surface area is 179 Å². The van der Waals surface area contributed by atoms with Crippen molar-refractivity contribution in [3.63, 3.8) is 0 Å². The van der Waals surface area contributed by atoms with Crippen molar-refractivity contribution < 1.29 is 4.79 Å². The highest BCUT2D eigenvalue weighted by molar-refractivity contribution is 5.97. The molecule has 0 spiro atoms. The molecule has 7 heteroatoms. The van der Waals surface area contributed by atoms with E-state index in [9.17, 15) is 10.1 Å². The van der Waals surface area contributed by atoms with Gasteiger partial charge in [-0.05, 0) is 13.1 Å². The van der Waals surface area contributed by atoms with E-state index in [4.69, 9.17) is 4.98 Å². The van der Waals surface area contributed by atoms with Crippen molar-refractivity contribution in [2.24, 2.45) is 0 Å². The molecule has 2 aromatic carbocycles. The molecule has 0 atom stereocenters. The lowest BCUT2D eigenvalue weighted by Crippen LogP contribution is -2.57. The number of hydrogen-bond donors (Lipinski definition) is 1. The number of hydrogen-bond acceptors (Lipinski definition) is 5. The van der Waals surface area contributed by atoms with Gasteiger partial charge in [0.1, 0.15) is 11.6 Å². The van der Waals surface area contributed by atoms with Gasteiger partial charge in [-0.25, -0.2) is 9.50 Å². The predicted molar refractivity (Wildman–Crippen MR) is 117 cm³/mol. The topological polar surface area (TPSA) is 86.3 Å². The first kappa shape index (κ1) is 19.0. The average Bonchev–Trinajstić information content (AvgIpc) is 3.17. The zero-order valence-electron chi connectivity index (χ0n) is 17.0. The summed E-state index contributed by atoms with van der Waals surface area (Å²) in [4.78, 5) is 19.8. The van der Waals surface area contributed by atoms with Crippen LogP contribution in [0.5, 0.6) is 0 Å². The third-order valence-electron chi connectivity index (χ3n) is 5.45. The number of fused-ring (bicyclic) bond motifs is 1. The highest BCUT2D eigenvalue weighted by atomic mass is 16.2. The van der Waals surface area contributed by atoms with E-state index < -0.39 is 0 Å². The summed E-state index contributed by atoms with van der Waals surface area (Å²) >= 11 is 0. The van der Waals surface area contributed by atoms with Crippen LogP contribution in [0.3, 0.4) is 0 Å². The molecule has 3 heterocycles. The quantitative estimate of drug-likeness (QED) is 0.561. The Morgan fingerprint density at radius 2 is 1.71 bits per heavy atom. The number of amides is 1. The molecular formula is C24H20N6O. The summed E-state index contributed by atoms with van der Waals surface area (Å²) in [6, 6.07) is 23.7. The average molecular weight is 408 g/mol. The Bertz CT molecular complexity index is 1300. The molecule has 31 heavy (non-hydrogen) atoms. The van der Waals surface area contributed by atoms with E-state index in [1.807, 2.05) is 73.8 Å². The largest absolute Gasteiger partial charge is 0.345 e. The van der Waals surface area contributed by atoms with E-state index >= 15 is 0 Å². The molecule has 1 N–H and O–H groups in total. The summed E-state index contributed by atoms with van der Waals surface area (Å²) in [5.41, 5.74) is 3.99. The smallest absolute Gasteiger partial charge is 0.273 e. The Kier molecular flexibility index (Phi) is 4.69. The van der Waals surface area contributed by atoms with Crippen LogP contribution in [0.1, 0.15) is 16.1 Å². The molecule has 1 aliphatic heterocycles. The molecule has 1 aliphatic rings. The van der Waals surface area contributed by atoms with Crippen LogP contribution in [0.2, 0.25) is 0 Å². The summed E-state index contributed by atoms with van der Waals surface area (Å²) in [6.45, 7) is 1.57. The molecule has 0 unspecified atom stereocenters. The van der Waals surface area contributed by atoms with Crippen LogP contribution >= 0.6 is 0 Å². The van der Waals surface area contributed by atoms with Crippen LogP contribution < -0.4 is 5.32 Å². The minimum Gasteiger partial charge on any atom is -0.345 e. The third-order valence-corrected chi connectivity index (χ3v) is 5.45. The molecule has 0 aliphatic carbocycles. The zero-order valence-corrected chi connectivity index (χ0v) is 17.0. The van der Waals surface area contributed by atoms with Gasteiger partial charge in [0.25, 0.3) is 5.91 Å². The summed E-state index contributed by atoms with van der Waals surface area (Å²) in [5, 5.41) is 17.4. The van der Waals surface area contributed by atoms with Gasteiger partial charge in [0.2, 0.25) is 0 Å². The van der Waals surface area contributed by atoms with Gasteiger partial charge in [0.05, 0.1) is 17.4 Å². The van der Waals surface area contributed by atoms with Crippen LogP contribution in [0.25, 0.3) is 28.2 Å². The first-order chi connectivity index (χ1) is 15.1. The Hall–Kier alpha value is -4.02. The standard InChI is InChI=1S/C24H20N6O/c1-29-14-18(15-29)26-24(31)22-19(13-25)23-27-20(16-8-4-2-5-9-16)12-21(30(23)28-22)17-10-6-3-7-11-17/h2-12,18H,14-15H2,1H3,(H,26,31). The summed E-state index contributed by atoms with van der Waals surface area (Å²) in [7, 11) is 2.00. The van der Waals surface area contributed by atoms with E-state index in [1.165, 1.54) is 0 Å². The number of rotatable bonds is 4. The van der Waals surface area contributed by atoms with Crippen LogP contribution in [-0.4, -0.2) is 51.6 Å². The lowest BCUT2D eigenvalue weighted by molar-refractivity contribution is 0.0852. The van der Waals surface area contributed by atoms with Crippen molar-refractivity contribution in [2.75, 3.05) is 20.1 Å². The van der Waals surface area contributed by atoms with Crippen molar-refractivity contribution in [2.45, 2.75) is 6.04 Å². The third kappa shape index (κ3) is 3.43. The predicted octanol–water partition coefficient (Wildman–Crippen LogP) is 2.98. The Morgan fingerprint density at radius 1 is 1.06 bits per heavy atom. The second-order valence-corrected chi connectivity index (χ2v) is 7.72. The zero-order chi connectivity index (χ0) is 21.4. The fourth-order valence-corrected chi connectivity index (χ4v) is 3.89. The number of benzene rings is 2.